The Hall–Kier alpha value is -2.85. The molecule has 4 aromatic rings. The van der Waals surface area contributed by atoms with Crippen molar-refractivity contribution in [1.29, 1.82) is 0 Å². The van der Waals surface area contributed by atoms with Gasteiger partial charge < -0.3 is 119 Å². The van der Waals surface area contributed by atoms with Gasteiger partial charge in [0.15, 0.2) is 5.78 Å². The standard InChI is InChI=1S/C68H85I9N12O25/c69-50-44(40(102)9-6-32(96)24-90)53(72)59(54(73)45(50)62(106)78-17-33(97)25-91)85-42(104)10-7-38(67(111)112)88-15-13-87(12-2-5-41(103)84-60-55(74)46(63(107)79-18-34(98)26-92)51(70)47(56(60)75)64(108)80-19-35(99)27-93)14-16-89(23-31-4-1-3-30(22-88)83-31)39(68(113)114)8-11-43(105)86-61-57(76)48(65(109)81-20-36(100)28-94)52(71)49(58(61)77)66(110)82-21-37(101)29-95/h1,3-4,32-39,90-101H,2,5-29H2,(H,78,106)(H,79,107)(H,80,108)(H,81,109)(H,82,110)(H,84,103)(H,85,104)(H,86,105)(H,111,112)(H,113,114). The number of pyridine rings is 1. The fraction of sp³-hybridized carbons (Fsp3) is 0.500. The van der Waals surface area contributed by atoms with Crippen molar-refractivity contribution in [3.8, 4) is 0 Å². The molecule has 114 heavy (non-hydrogen) atoms. The van der Waals surface area contributed by atoms with Gasteiger partial charge in [0, 0.05) is 118 Å². The topological polar surface area (TPSA) is 590 Å². The zero-order valence-corrected chi connectivity index (χ0v) is 79.6. The highest BCUT2D eigenvalue weighted by Crippen LogP contribution is 2.40. The van der Waals surface area contributed by atoms with Gasteiger partial charge in [-0.25, -0.2) is 0 Å². The van der Waals surface area contributed by atoms with E-state index < -0.39 is 199 Å². The van der Waals surface area contributed by atoms with Crippen LogP contribution in [0.5, 0.6) is 0 Å². The lowest BCUT2D eigenvalue weighted by Crippen LogP contribution is -2.48. The summed E-state index contributed by atoms with van der Waals surface area (Å²) in [5.41, 5.74) is 0.0274. The average Bonchev–Trinajstić information content (AvgIpc) is 0.780. The first-order valence-electron chi connectivity index (χ1n) is 34.7. The lowest BCUT2D eigenvalue weighted by Gasteiger charge is -2.35. The summed E-state index contributed by atoms with van der Waals surface area (Å²) >= 11 is 16.1. The van der Waals surface area contributed by atoms with E-state index in [-0.39, 0.29) is 167 Å². The van der Waals surface area contributed by atoms with Gasteiger partial charge in [0.1, 0.15) is 12.1 Å². The number of nitrogens with one attached hydrogen (secondary N) is 8. The highest BCUT2D eigenvalue weighted by atomic mass is 127. The minimum Gasteiger partial charge on any atom is -0.480 e. The Bertz CT molecular complexity index is 3800. The first kappa shape index (κ1) is 102. The van der Waals surface area contributed by atoms with Crippen LogP contribution in [0.1, 0.15) is 125 Å². The second-order valence-corrected chi connectivity index (χ2v) is 35.4. The third-order valence-electron chi connectivity index (χ3n) is 17.2. The molecule has 1 aliphatic rings. The maximum absolute atomic E-state index is 14.4. The molecule has 0 fully saturated rings. The number of halogens is 9. The van der Waals surface area contributed by atoms with Gasteiger partial charge in [-0.2, -0.15) is 0 Å². The second-order valence-electron chi connectivity index (χ2n) is 25.7. The lowest BCUT2D eigenvalue weighted by molar-refractivity contribution is -0.145. The zero-order chi connectivity index (χ0) is 85.1. The van der Waals surface area contributed by atoms with Crippen molar-refractivity contribution in [1.82, 2.24) is 46.3 Å². The van der Waals surface area contributed by atoms with Crippen LogP contribution in [-0.2, 0) is 37.1 Å². The molecule has 3 aromatic carbocycles. The summed E-state index contributed by atoms with van der Waals surface area (Å²) in [5, 5.41) is 160. The SMILES string of the molecule is O=C(CCC(C(=O)O)N1CCN(CCCC(=O)Nc2c(I)c(C(=O)NCC(O)CO)c(I)c(C(=O)NCC(O)CO)c2I)CCN(C(CCC(=O)Nc2c(I)c(C(=O)NCC(O)CO)c(I)c(C(=O)NCC(O)CO)c2I)C(=O)O)Cc2cccc(n2)C1)Nc1c(I)c(C(=O)CCC(O)CO)c(I)c(C(=O)NCC(O)CO)c1I. The van der Waals surface area contributed by atoms with Gasteiger partial charge in [0.05, 0.1) is 150 Å². The quantitative estimate of drug-likeness (QED) is 0.0210. The number of Topliss-reactive ketones (excluding diaryl/α,β-unsaturated/α-hetero) is 1. The van der Waals surface area contributed by atoms with Crippen LogP contribution >= 0.6 is 203 Å². The first-order chi connectivity index (χ1) is 53.9. The van der Waals surface area contributed by atoms with Crippen LogP contribution in [-0.4, -0.2) is 310 Å². The van der Waals surface area contributed by atoms with Crippen LogP contribution < -0.4 is 42.5 Å². The van der Waals surface area contributed by atoms with Gasteiger partial charge in [0.25, 0.3) is 29.5 Å². The number of anilines is 3. The predicted molar refractivity (Wildman–Crippen MR) is 486 cm³/mol. The average molecular weight is 2610 g/mol. The highest BCUT2D eigenvalue weighted by Gasteiger charge is 2.36. The summed E-state index contributed by atoms with van der Waals surface area (Å²) in [5.74, 6) is -9.48. The summed E-state index contributed by atoms with van der Waals surface area (Å²) in [6.07, 6.45) is -10.5. The third kappa shape index (κ3) is 29.8. The fourth-order valence-corrected chi connectivity index (χ4v) is 24.5. The summed E-state index contributed by atoms with van der Waals surface area (Å²) < 4.78 is 1.23. The van der Waals surface area contributed by atoms with Crippen molar-refractivity contribution in [2.24, 2.45) is 0 Å². The molecule has 630 valence electrons. The Morgan fingerprint density at radius 1 is 0.368 bits per heavy atom. The van der Waals surface area contributed by atoms with Crippen LogP contribution in [0.2, 0.25) is 0 Å². The van der Waals surface area contributed by atoms with Crippen molar-refractivity contribution in [2.75, 3.05) is 121 Å². The molecule has 0 spiro atoms. The Kier molecular flexibility index (Phi) is 45.1. The van der Waals surface area contributed by atoms with E-state index in [2.05, 4.69) is 42.5 Å². The number of aliphatic hydroxyl groups excluding tert-OH is 12. The summed E-state index contributed by atoms with van der Waals surface area (Å²) in [7, 11) is 0. The number of carbonyl (C=O) groups is 11. The molecule has 0 radical (unpaired) electrons. The molecule has 46 heteroatoms. The second kappa shape index (κ2) is 50.5. The van der Waals surface area contributed by atoms with Gasteiger partial charge in [-0.15, -0.1) is 0 Å². The van der Waals surface area contributed by atoms with Crippen molar-refractivity contribution in [2.45, 2.75) is 113 Å². The Morgan fingerprint density at radius 2 is 0.649 bits per heavy atom. The van der Waals surface area contributed by atoms with Crippen LogP contribution in [0, 0.1) is 32.1 Å². The number of aliphatic carboxylic acids is 2. The number of ketones is 1. The molecule has 1 aliphatic heterocycles. The number of rotatable bonds is 42. The molecule has 1 aromatic heterocycles. The number of nitrogens with zero attached hydrogens (tertiary/aromatic N) is 4. The lowest BCUT2D eigenvalue weighted by atomic mass is 10.0. The molecular formula is C68H85I9N12O25. The Morgan fingerprint density at radius 3 is 0.939 bits per heavy atom. The minimum absolute atomic E-state index is 0.00105. The summed E-state index contributed by atoms with van der Waals surface area (Å²) in [4.78, 5) is 163. The van der Waals surface area contributed by atoms with Crippen molar-refractivity contribution < 1.29 is 124 Å². The monoisotopic (exact) mass is 2610 g/mol. The van der Waals surface area contributed by atoms with E-state index in [0.717, 1.165) is 0 Å². The number of fused-ring (bicyclic) bond motifs is 2. The largest absolute Gasteiger partial charge is 0.480 e. The third-order valence-corrected chi connectivity index (χ3v) is 26.9. The van der Waals surface area contributed by atoms with E-state index >= 15 is 0 Å². The minimum atomic E-state index is -1.46. The van der Waals surface area contributed by atoms with Crippen LogP contribution in [0.15, 0.2) is 18.2 Å². The number of aliphatic hydroxyl groups is 12. The molecule has 8 atom stereocenters. The van der Waals surface area contributed by atoms with Gasteiger partial charge in [-0.05, 0) is 248 Å². The molecule has 0 saturated carbocycles. The molecule has 0 aliphatic carbocycles. The van der Waals surface area contributed by atoms with E-state index in [0.29, 0.717) is 11.4 Å². The van der Waals surface area contributed by atoms with Gasteiger partial charge in [-0.3, -0.25) is 67.5 Å². The zero-order valence-electron chi connectivity index (χ0n) is 60.2. The number of amides is 8. The first-order valence-corrected chi connectivity index (χ1v) is 44.4. The Balaban J connectivity index is 1.56. The maximum Gasteiger partial charge on any atom is 0.320 e. The van der Waals surface area contributed by atoms with Crippen molar-refractivity contribution >= 4 is 285 Å². The highest BCUT2D eigenvalue weighted by molar-refractivity contribution is 14.1. The Labute approximate surface area is 775 Å². The van der Waals surface area contributed by atoms with E-state index in [9.17, 15) is 124 Å². The molecular weight excluding hydrogens is 2530 g/mol. The number of carboxylic acid groups (broad SMARTS) is 2. The molecule has 22 N–H and O–H groups in total. The van der Waals surface area contributed by atoms with Crippen molar-refractivity contribution in [3.63, 3.8) is 0 Å². The van der Waals surface area contributed by atoms with E-state index in [1.165, 1.54) is 0 Å². The molecule has 37 nitrogen and oxygen atoms in total. The number of benzene rings is 3. The molecule has 0 saturated heterocycles. The number of hydrogen-bond acceptors (Lipinski definition) is 27. The molecule has 8 unspecified atom stereocenters. The molecule has 2 bridgehead atoms. The van der Waals surface area contributed by atoms with E-state index in [4.69, 9.17) is 4.98 Å². The summed E-state index contributed by atoms with van der Waals surface area (Å²) in [6, 6.07) is 1.93. The maximum atomic E-state index is 14.4. The predicted octanol–water partition coefficient (Wildman–Crippen LogP) is 0.337. The van der Waals surface area contributed by atoms with Gasteiger partial charge in [0.2, 0.25) is 17.7 Å². The van der Waals surface area contributed by atoms with Crippen molar-refractivity contribution in [3.05, 3.63) is 95.1 Å². The van der Waals surface area contributed by atoms with Crippen LogP contribution in [0.25, 0.3) is 0 Å². The van der Waals surface area contributed by atoms with Crippen LogP contribution in [0.3, 0.4) is 0 Å². The van der Waals surface area contributed by atoms with E-state index in [1.54, 1.807) is 164 Å². The van der Waals surface area contributed by atoms with Gasteiger partial charge >= 0.3 is 11.9 Å². The molecule has 2 heterocycles. The molecule has 8 amide bonds. The smallest absolute Gasteiger partial charge is 0.320 e. The molecule has 5 rings (SSSR count). The number of carboxylic acids is 2. The number of hydrogen-bond donors (Lipinski definition) is 22. The fourth-order valence-electron chi connectivity index (χ4n) is 11.1. The number of carbonyl (C=O) groups excluding carboxylic acids is 9. The summed E-state index contributed by atoms with van der Waals surface area (Å²) in [6.45, 7) is -6.71. The van der Waals surface area contributed by atoms with Crippen LogP contribution in [0.4, 0.5) is 17.1 Å². The number of aromatic nitrogens is 1. The van der Waals surface area contributed by atoms with E-state index in [1.807, 2.05) is 72.7 Å². The normalized spacial score (nSPS) is 15.1. The van der Waals surface area contributed by atoms with Gasteiger partial charge in [-0.1, -0.05) is 6.07 Å².